The Labute approximate surface area is 97.5 Å². The fourth-order valence-electron chi connectivity index (χ4n) is 1.44. The number of rotatable bonds is 2. The Morgan fingerprint density at radius 2 is 1.69 bits per heavy atom. The Kier molecular flexibility index (Phi) is 3.58. The lowest BCUT2D eigenvalue weighted by atomic mass is 9.94. The first-order valence-electron chi connectivity index (χ1n) is 5.33. The van der Waals surface area contributed by atoms with Crippen LogP contribution in [-0.2, 0) is 0 Å². The number of hydrogen-bond acceptors (Lipinski definition) is 2. The molecule has 0 radical (unpaired) electrons. The molecule has 1 aromatic rings. The van der Waals surface area contributed by atoms with Gasteiger partial charge in [-0.05, 0) is 24.3 Å². The number of amidine groups is 1. The van der Waals surface area contributed by atoms with Crippen LogP contribution in [0.3, 0.4) is 0 Å². The first kappa shape index (κ1) is 12.6. The molecular formula is C13H20N2O. The first-order chi connectivity index (χ1) is 7.36. The smallest absolute Gasteiger partial charge is 0.119 e. The number of benzene rings is 1. The molecule has 0 amide bonds. The average Bonchev–Trinajstić information content (AvgIpc) is 2.26. The number of hydrogen-bond donors (Lipinski definition) is 1. The van der Waals surface area contributed by atoms with Crippen molar-refractivity contribution in [2.75, 3.05) is 19.1 Å². The Morgan fingerprint density at radius 3 is 2.06 bits per heavy atom. The number of nitrogens with one attached hydrogen (secondary N) is 1. The van der Waals surface area contributed by atoms with Gasteiger partial charge in [-0.25, -0.2) is 0 Å². The van der Waals surface area contributed by atoms with E-state index in [1.54, 1.807) is 7.11 Å². The molecular weight excluding hydrogens is 200 g/mol. The standard InChI is InChI=1S/C13H20N2O/c1-13(2,3)12(14)15(4)10-6-8-11(16-5)9-7-10/h6-9,14H,1-5H3. The molecule has 0 bridgehead atoms. The van der Waals surface area contributed by atoms with Gasteiger partial charge in [0.15, 0.2) is 0 Å². The molecule has 0 heterocycles. The summed E-state index contributed by atoms with van der Waals surface area (Å²) >= 11 is 0. The van der Waals surface area contributed by atoms with Gasteiger partial charge in [0.2, 0.25) is 0 Å². The third-order valence-corrected chi connectivity index (χ3v) is 2.51. The van der Waals surface area contributed by atoms with E-state index in [2.05, 4.69) is 0 Å². The van der Waals surface area contributed by atoms with Crippen molar-refractivity contribution in [3.8, 4) is 5.75 Å². The SMILES string of the molecule is COc1ccc(N(C)C(=N)C(C)(C)C)cc1. The van der Waals surface area contributed by atoms with Gasteiger partial charge < -0.3 is 9.64 Å². The molecule has 3 nitrogen and oxygen atoms in total. The lowest BCUT2D eigenvalue weighted by Crippen LogP contribution is -2.35. The molecule has 0 aliphatic rings. The van der Waals surface area contributed by atoms with E-state index in [1.165, 1.54) is 0 Å². The maximum absolute atomic E-state index is 8.08. The monoisotopic (exact) mass is 220 g/mol. The molecule has 3 heteroatoms. The van der Waals surface area contributed by atoms with Crippen LogP contribution < -0.4 is 9.64 Å². The quantitative estimate of drug-likeness (QED) is 0.614. The van der Waals surface area contributed by atoms with E-state index in [-0.39, 0.29) is 5.41 Å². The van der Waals surface area contributed by atoms with E-state index in [0.29, 0.717) is 5.84 Å². The minimum atomic E-state index is -0.144. The molecule has 16 heavy (non-hydrogen) atoms. The van der Waals surface area contributed by atoms with Crippen LogP contribution in [0.5, 0.6) is 5.75 Å². The van der Waals surface area contributed by atoms with Crippen LogP contribution in [0.2, 0.25) is 0 Å². The fraction of sp³-hybridized carbons (Fsp3) is 0.462. The van der Waals surface area contributed by atoms with Crippen molar-refractivity contribution in [3.63, 3.8) is 0 Å². The Hall–Kier alpha value is -1.51. The molecule has 0 aliphatic carbocycles. The second-order valence-electron chi connectivity index (χ2n) is 4.86. The van der Waals surface area contributed by atoms with Crippen molar-refractivity contribution in [1.29, 1.82) is 5.41 Å². The molecule has 0 unspecified atom stereocenters. The van der Waals surface area contributed by atoms with Crippen LogP contribution in [0, 0.1) is 10.8 Å². The van der Waals surface area contributed by atoms with Crippen molar-refractivity contribution in [2.45, 2.75) is 20.8 Å². The highest BCUT2D eigenvalue weighted by molar-refractivity contribution is 5.98. The zero-order chi connectivity index (χ0) is 12.3. The van der Waals surface area contributed by atoms with Gasteiger partial charge in [0.25, 0.3) is 0 Å². The number of nitrogens with zero attached hydrogens (tertiary/aromatic N) is 1. The lowest BCUT2D eigenvalue weighted by molar-refractivity contribution is 0.415. The summed E-state index contributed by atoms with van der Waals surface area (Å²) < 4.78 is 5.10. The van der Waals surface area contributed by atoms with E-state index >= 15 is 0 Å². The molecule has 1 aromatic carbocycles. The molecule has 0 fully saturated rings. The van der Waals surface area contributed by atoms with Gasteiger partial charge in [0, 0.05) is 18.2 Å². The molecule has 1 rings (SSSR count). The third kappa shape index (κ3) is 2.75. The molecule has 0 spiro atoms. The van der Waals surface area contributed by atoms with Crippen molar-refractivity contribution in [3.05, 3.63) is 24.3 Å². The molecule has 0 saturated carbocycles. The third-order valence-electron chi connectivity index (χ3n) is 2.51. The summed E-state index contributed by atoms with van der Waals surface area (Å²) in [6.45, 7) is 6.11. The Balaban J connectivity index is 2.88. The van der Waals surface area contributed by atoms with E-state index in [0.717, 1.165) is 11.4 Å². The molecule has 0 saturated heterocycles. The predicted molar refractivity (Wildman–Crippen MR) is 68.6 cm³/mol. The number of ether oxygens (including phenoxy) is 1. The summed E-state index contributed by atoms with van der Waals surface area (Å²) in [5.41, 5.74) is 0.857. The first-order valence-corrected chi connectivity index (χ1v) is 5.33. The minimum Gasteiger partial charge on any atom is -0.497 e. The Morgan fingerprint density at radius 1 is 1.19 bits per heavy atom. The normalized spacial score (nSPS) is 11.1. The highest BCUT2D eigenvalue weighted by Gasteiger charge is 2.21. The minimum absolute atomic E-state index is 0.144. The summed E-state index contributed by atoms with van der Waals surface area (Å²) in [4.78, 5) is 1.89. The summed E-state index contributed by atoms with van der Waals surface area (Å²) in [7, 11) is 3.56. The molecule has 0 atom stereocenters. The number of anilines is 1. The largest absolute Gasteiger partial charge is 0.497 e. The van der Waals surface area contributed by atoms with Gasteiger partial charge in [-0.15, -0.1) is 0 Å². The second-order valence-corrected chi connectivity index (χ2v) is 4.86. The van der Waals surface area contributed by atoms with Gasteiger partial charge in [-0.1, -0.05) is 20.8 Å². The zero-order valence-electron chi connectivity index (χ0n) is 10.7. The summed E-state index contributed by atoms with van der Waals surface area (Å²) in [5.74, 6) is 1.43. The second kappa shape index (κ2) is 4.56. The fourth-order valence-corrected chi connectivity index (χ4v) is 1.44. The number of methoxy groups -OCH3 is 1. The maximum Gasteiger partial charge on any atom is 0.119 e. The van der Waals surface area contributed by atoms with Gasteiger partial charge in [-0.3, -0.25) is 5.41 Å². The van der Waals surface area contributed by atoms with Gasteiger partial charge in [-0.2, -0.15) is 0 Å². The van der Waals surface area contributed by atoms with Crippen LogP contribution in [0.25, 0.3) is 0 Å². The molecule has 0 aromatic heterocycles. The molecule has 1 N–H and O–H groups in total. The van der Waals surface area contributed by atoms with E-state index in [9.17, 15) is 0 Å². The van der Waals surface area contributed by atoms with E-state index in [4.69, 9.17) is 10.1 Å². The van der Waals surface area contributed by atoms with E-state index in [1.807, 2.05) is 57.0 Å². The lowest BCUT2D eigenvalue weighted by Gasteiger charge is -2.29. The van der Waals surface area contributed by atoms with Crippen molar-refractivity contribution in [1.82, 2.24) is 0 Å². The van der Waals surface area contributed by atoms with Crippen LogP contribution in [0.15, 0.2) is 24.3 Å². The summed E-state index contributed by atoms with van der Waals surface area (Å²) in [5, 5.41) is 8.08. The van der Waals surface area contributed by atoms with Crippen LogP contribution >= 0.6 is 0 Å². The van der Waals surface area contributed by atoms with Gasteiger partial charge in [0.1, 0.15) is 11.6 Å². The van der Waals surface area contributed by atoms with Crippen molar-refractivity contribution < 1.29 is 4.74 Å². The van der Waals surface area contributed by atoms with E-state index < -0.39 is 0 Å². The molecule has 0 aliphatic heterocycles. The zero-order valence-corrected chi connectivity index (χ0v) is 10.7. The van der Waals surface area contributed by atoms with Crippen molar-refractivity contribution in [2.24, 2.45) is 5.41 Å². The average molecular weight is 220 g/mol. The van der Waals surface area contributed by atoms with Crippen LogP contribution in [0.4, 0.5) is 5.69 Å². The highest BCUT2D eigenvalue weighted by atomic mass is 16.5. The maximum atomic E-state index is 8.08. The van der Waals surface area contributed by atoms with Crippen LogP contribution in [-0.4, -0.2) is 20.0 Å². The van der Waals surface area contributed by atoms with Crippen LogP contribution in [0.1, 0.15) is 20.8 Å². The van der Waals surface area contributed by atoms with Crippen molar-refractivity contribution >= 4 is 11.5 Å². The predicted octanol–water partition coefficient (Wildman–Crippen LogP) is 3.15. The Bertz CT molecular complexity index is 363. The molecule has 88 valence electrons. The van der Waals surface area contributed by atoms with Gasteiger partial charge >= 0.3 is 0 Å². The van der Waals surface area contributed by atoms with Gasteiger partial charge in [0.05, 0.1) is 7.11 Å². The summed E-state index contributed by atoms with van der Waals surface area (Å²) in [6.07, 6.45) is 0. The highest BCUT2D eigenvalue weighted by Crippen LogP contribution is 2.23. The topological polar surface area (TPSA) is 36.3 Å². The summed E-state index contributed by atoms with van der Waals surface area (Å²) in [6, 6.07) is 7.72.